The minimum atomic E-state index is -0.674. The topological polar surface area (TPSA) is 37.3 Å². The Balaban J connectivity index is 0. The maximum atomic E-state index is 10.2. The van der Waals surface area contributed by atoms with Crippen LogP contribution in [0.15, 0.2) is 0 Å². The van der Waals surface area contributed by atoms with Crippen LogP contribution in [0.5, 0.6) is 0 Å². The summed E-state index contributed by atoms with van der Waals surface area (Å²) in [5.41, 5.74) is 0. The summed E-state index contributed by atoms with van der Waals surface area (Å²) in [6.07, 6.45) is 4.55. The predicted molar refractivity (Wildman–Crippen MR) is 53.6 cm³/mol. The molecule has 0 unspecified atom stereocenters. The molecule has 0 aliphatic rings. The minimum Gasteiger partial charge on any atom is -1.00 e. The molecule has 0 bridgehead atoms. The van der Waals surface area contributed by atoms with Gasteiger partial charge in [0.1, 0.15) is 0 Å². The average Bonchev–Trinajstić information content (AvgIpc) is 1.93. The van der Waals surface area contributed by atoms with E-state index in [1.807, 2.05) is 0 Å². The second-order valence-corrected chi connectivity index (χ2v) is 4.57. The molecule has 0 fully saturated rings. The van der Waals surface area contributed by atoms with Gasteiger partial charge in [-0.15, -0.1) is 0 Å². The van der Waals surface area contributed by atoms with Gasteiger partial charge in [0.15, 0.2) is 0 Å². The lowest BCUT2D eigenvalue weighted by Gasteiger charge is -2.23. The molecule has 0 aromatic heterocycles. The van der Waals surface area contributed by atoms with Gasteiger partial charge in [-0.25, -0.2) is 0 Å². The van der Waals surface area contributed by atoms with Crippen molar-refractivity contribution in [2.24, 2.45) is 0 Å². The zero-order valence-corrected chi connectivity index (χ0v) is 10.2. The predicted octanol–water partition coefficient (Wildman–Crippen LogP) is -1.27. The highest BCUT2D eigenvalue weighted by molar-refractivity contribution is 5.66. The number of halogens is 1. The number of unbranched alkanes of at least 4 members (excludes halogenated alkanes) is 3. The van der Waals surface area contributed by atoms with Crippen molar-refractivity contribution in [3.8, 4) is 0 Å². The van der Waals surface area contributed by atoms with Crippen LogP contribution in [0.25, 0.3) is 0 Å². The smallest absolute Gasteiger partial charge is 0.303 e. The maximum Gasteiger partial charge on any atom is 0.303 e. The van der Waals surface area contributed by atoms with Gasteiger partial charge in [0.25, 0.3) is 0 Å². The van der Waals surface area contributed by atoms with E-state index < -0.39 is 5.97 Å². The van der Waals surface area contributed by atoms with Crippen molar-refractivity contribution < 1.29 is 26.8 Å². The van der Waals surface area contributed by atoms with Gasteiger partial charge in [-0.2, -0.15) is 0 Å². The van der Waals surface area contributed by atoms with E-state index in [2.05, 4.69) is 21.1 Å². The van der Waals surface area contributed by atoms with E-state index in [1.165, 1.54) is 13.0 Å². The number of nitrogens with zero attached hydrogens (tertiary/aromatic N) is 1. The van der Waals surface area contributed by atoms with Crippen molar-refractivity contribution in [3.05, 3.63) is 0 Å². The van der Waals surface area contributed by atoms with Gasteiger partial charge < -0.3 is 22.0 Å². The fourth-order valence-corrected chi connectivity index (χ4v) is 1.22. The summed E-state index contributed by atoms with van der Waals surface area (Å²) in [6.45, 7) is 1.17. The first-order chi connectivity index (χ1) is 5.92. The van der Waals surface area contributed by atoms with Crippen LogP contribution in [0, 0.1) is 0 Å². The zero-order valence-electron chi connectivity index (χ0n) is 9.42. The highest BCUT2D eigenvalue weighted by Gasteiger charge is 2.05. The molecular weight excluding hydrogens is 202 g/mol. The fourth-order valence-electron chi connectivity index (χ4n) is 1.22. The van der Waals surface area contributed by atoms with Gasteiger partial charge >= 0.3 is 5.97 Å². The molecule has 0 saturated heterocycles. The van der Waals surface area contributed by atoms with Crippen molar-refractivity contribution in [2.45, 2.75) is 32.1 Å². The molecule has 0 saturated carbocycles. The fraction of sp³-hybridized carbons (Fsp3) is 0.900. The molecule has 3 nitrogen and oxygen atoms in total. The normalized spacial score (nSPS) is 10.8. The van der Waals surface area contributed by atoms with E-state index in [0.29, 0.717) is 6.42 Å². The Bertz CT molecular complexity index is 155. The van der Waals surface area contributed by atoms with Crippen LogP contribution in [0.4, 0.5) is 0 Å². The van der Waals surface area contributed by atoms with E-state index in [4.69, 9.17) is 5.11 Å². The van der Waals surface area contributed by atoms with Crippen LogP contribution in [-0.2, 0) is 4.79 Å². The van der Waals surface area contributed by atoms with Gasteiger partial charge in [-0.05, 0) is 19.3 Å². The minimum absolute atomic E-state index is 0. The number of carbonyl (C=O) groups is 1. The van der Waals surface area contributed by atoms with Crippen LogP contribution in [0.3, 0.4) is 0 Å². The van der Waals surface area contributed by atoms with Crippen molar-refractivity contribution in [2.75, 3.05) is 27.7 Å². The third-order valence-electron chi connectivity index (χ3n) is 1.97. The van der Waals surface area contributed by atoms with E-state index in [9.17, 15) is 4.79 Å². The SMILES string of the molecule is C[N+](C)(C)CCCCCCC(=O)O.[Cl-]. The van der Waals surface area contributed by atoms with Gasteiger partial charge in [-0.1, -0.05) is 6.42 Å². The Labute approximate surface area is 93.1 Å². The van der Waals surface area contributed by atoms with Crippen LogP contribution < -0.4 is 12.4 Å². The summed E-state index contributed by atoms with van der Waals surface area (Å²) in [5.74, 6) is -0.674. The number of quaternary nitrogens is 1. The largest absolute Gasteiger partial charge is 1.00 e. The Morgan fingerprint density at radius 2 is 1.57 bits per heavy atom. The molecule has 0 heterocycles. The van der Waals surface area contributed by atoms with Gasteiger partial charge in [0, 0.05) is 6.42 Å². The molecule has 0 radical (unpaired) electrons. The average molecular weight is 224 g/mol. The quantitative estimate of drug-likeness (QED) is 0.432. The molecule has 0 aliphatic heterocycles. The summed E-state index contributed by atoms with van der Waals surface area (Å²) in [6, 6.07) is 0. The monoisotopic (exact) mass is 223 g/mol. The van der Waals surface area contributed by atoms with Gasteiger partial charge in [0.2, 0.25) is 0 Å². The van der Waals surface area contributed by atoms with Crippen LogP contribution >= 0.6 is 0 Å². The second-order valence-electron chi connectivity index (χ2n) is 4.57. The van der Waals surface area contributed by atoms with Crippen molar-refractivity contribution in [1.82, 2.24) is 0 Å². The third kappa shape index (κ3) is 14.3. The highest BCUT2D eigenvalue weighted by atomic mass is 35.5. The van der Waals surface area contributed by atoms with Crippen LogP contribution in [0.1, 0.15) is 32.1 Å². The van der Waals surface area contributed by atoms with Gasteiger partial charge in [-0.3, -0.25) is 4.79 Å². The highest BCUT2D eigenvalue weighted by Crippen LogP contribution is 2.05. The molecule has 0 aliphatic carbocycles. The number of hydrogen-bond donors (Lipinski definition) is 1. The van der Waals surface area contributed by atoms with E-state index >= 15 is 0 Å². The molecular formula is C10H22ClNO2. The molecule has 0 aromatic rings. The Morgan fingerprint density at radius 1 is 1.07 bits per heavy atom. The first kappa shape index (κ1) is 16.2. The first-order valence-corrected chi connectivity index (χ1v) is 4.94. The van der Waals surface area contributed by atoms with Crippen molar-refractivity contribution in [3.63, 3.8) is 0 Å². The second kappa shape index (κ2) is 8.06. The lowest BCUT2D eigenvalue weighted by atomic mass is 10.1. The molecule has 0 aromatic carbocycles. The van der Waals surface area contributed by atoms with Crippen LogP contribution in [0.2, 0.25) is 0 Å². The van der Waals surface area contributed by atoms with Crippen molar-refractivity contribution in [1.29, 1.82) is 0 Å². The third-order valence-corrected chi connectivity index (χ3v) is 1.97. The van der Waals surface area contributed by atoms with Crippen LogP contribution in [-0.4, -0.2) is 43.2 Å². The number of rotatable bonds is 7. The standard InChI is InChI=1S/C10H21NO2.ClH/c1-11(2,3)9-7-5-4-6-8-10(12)13;/h4-9H2,1-3H3;1H. The lowest BCUT2D eigenvalue weighted by molar-refractivity contribution is -0.870. The molecule has 1 N–H and O–H groups in total. The zero-order chi connectivity index (χ0) is 10.3. The Kier molecular flexibility index (Phi) is 9.31. The Hall–Kier alpha value is -0.280. The van der Waals surface area contributed by atoms with E-state index in [1.54, 1.807) is 0 Å². The summed E-state index contributed by atoms with van der Waals surface area (Å²) in [7, 11) is 6.53. The van der Waals surface area contributed by atoms with Crippen molar-refractivity contribution >= 4 is 5.97 Å². The first-order valence-electron chi connectivity index (χ1n) is 4.94. The summed E-state index contributed by atoms with van der Waals surface area (Å²) in [5, 5.41) is 8.40. The number of hydrogen-bond acceptors (Lipinski definition) is 1. The molecule has 0 spiro atoms. The number of aliphatic carboxylic acids is 1. The molecule has 0 rings (SSSR count). The number of carboxylic acids is 1. The molecule has 0 amide bonds. The molecule has 4 heteroatoms. The molecule has 86 valence electrons. The van der Waals surface area contributed by atoms with E-state index in [-0.39, 0.29) is 12.4 Å². The summed E-state index contributed by atoms with van der Waals surface area (Å²) >= 11 is 0. The summed E-state index contributed by atoms with van der Waals surface area (Å²) in [4.78, 5) is 10.2. The van der Waals surface area contributed by atoms with Gasteiger partial charge in [0.05, 0.1) is 27.7 Å². The van der Waals surface area contributed by atoms with E-state index in [0.717, 1.165) is 23.7 Å². The number of carboxylic acid groups (broad SMARTS) is 1. The lowest BCUT2D eigenvalue weighted by Crippen LogP contribution is -3.00. The summed E-state index contributed by atoms with van der Waals surface area (Å²) < 4.78 is 0.999. The molecule has 14 heavy (non-hydrogen) atoms. The molecule has 0 atom stereocenters. The maximum absolute atomic E-state index is 10.2. The Morgan fingerprint density at radius 3 is 2.00 bits per heavy atom.